The molecule has 2 rings (SSSR count). The third-order valence-corrected chi connectivity index (χ3v) is 4.33. The molecule has 0 aromatic carbocycles. The van der Waals surface area contributed by atoms with Crippen LogP contribution in [0.3, 0.4) is 0 Å². The van der Waals surface area contributed by atoms with Gasteiger partial charge in [0.2, 0.25) is 0 Å². The summed E-state index contributed by atoms with van der Waals surface area (Å²) in [4.78, 5) is 0. The van der Waals surface area contributed by atoms with Gasteiger partial charge in [-0.1, -0.05) is 26.7 Å². The fourth-order valence-electron chi connectivity index (χ4n) is 2.50. The summed E-state index contributed by atoms with van der Waals surface area (Å²) < 4.78 is 6.32. The van der Waals surface area contributed by atoms with Crippen LogP contribution in [-0.2, 0) is 5.60 Å². The summed E-state index contributed by atoms with van der Waals surface area (Å²) in [6.45, 7) is 4.22. The number of aliphatic hydroxyl groups is 1. The molecule has 1 aliphatic rings. The summed E-state index contributed by atoms with van der Waals surface area (Å²) in [5, 5.41) is 10.8. The molecule has 1 unspecified atom stereocenters. The molecule has 1 fully saturated rings. The van der Waals surface area contributed by atoms with E-state index >= 15 is 0 Å². The Hall–Kier alpha value is -0.280. The van der Waals surface area contributed by atoms with Gasteiger partial charge in [-0.2, -0.15) is 0 Å². The maximum Gasteiger partial charge on any atom is 0.150 e. The molecule has 1 saturated carbocycles. The topological polar surface area (TPSA) is 33.4 Å². The molecule has 0 saturated heterocycles. The molecular weight excluding hydrogens is 256 g/mol. The van der Waals surface area contributed by atoms with E-state index in [1.807, 2.05) is 6.07 Å². The minimum atomic E-state index is -0.826. The Morgan fingerprint density at radius 3 is 2.53 bits per heavy atom. The molecular formula is C12H17BrO2. The molecule has 1 heterocycles. The zero-order chi connectivity index (χ0) is 11.1. The largest absolute Gasteiger partial charge is 0.465 e. The average molecular weight is 273 g/mol. The van der Waals surface area contributed by atoms with Crippen LogP contribution in [0.25, 0.3) is 0 Å². The van der Waals surface area contributed by atoms with Crippen molar-refractivity contribution in [2.45, 2.75) is 45.1 Å². The molecule has 0 radical (unpaired) electrons. The van der Waals surface area contributed by atoms with E-state index in [0.29, 0.717) is 5.76 Å². The molecule has 1 aliphatic carbocycles. The Labute approximate surface area is 98.8 Å². The van der Waals surface area contributed by atoms with Crippen LogP contribution < -0.4 is 0 Å². The summed E-state index contributed by atoms with van der Waals surface area (Å²) in [5.74, 6) is 0.687. The molecule has 1 N–H and O–H groups in total. The zero-order valence-electron chi connectivity index (χ0n) is 9.22. The van der Waals surface area contributed by atoms with Crippen molar-refractivity contribution in [2.75, 3.05) is 0 Å². The highest BCUT2D eigenvalue weighted by molar-refractivity contribution is 9.10. The molecule has 0 spiro atoms. The molecule has 15 heavy (non-hydrogen) atoms. The number of hydrogen-bond acceptors (Lipinski definition) is 2. The van der Waals surface area contributed by atoms with Crippen LogP contribution in [0.2, 0.25) is 0 Å². The van der Waals surface area contributed by atoms with E-state index in [1.165, 1.54) is 6.42 Å². The van der Waals surface area contributed by atoms with E-state index in [1.54, 1.807) is 6.26 Å². The Kier molecular flexibility index (Phi) is 2.72. The SMILES string of the molecule is CC1(C)CCCCC1(O)c1occc1Br. The van der Waals surface area contributed by atoms with Crippen LogP contribution in [0.4, 0.5) is 0 Å². The van der Waals surface area contributed by atoms with Gasteiger partial charge in [0.15, 0.2) is 0 Å². The van der Waals surface area contributed by atoms with Gasteiger partial charge in [0, 0.05) is 5.41 Å². The zero-order valence-corrected chi connectivity index (χ0v) is 10.8. The van der Waals surface area contributed by atoms with Crippen molar-refractivity contribution >= 4 is 15.9 Å². The molecule has 1 aromatic rings. The van der Waals surface area contributed by atoms with Crippen LogP contribution in [0.5, 0.6) is 0 Å². The summed E-state index contributed by atoms with van der Waals surface area (Å²) in [6.07, 6.45) is 5.70. The van der Waals surface area contributed by atoms with E-state index in [-0.39, 0.29) is 5.41 Å². The predicted molar refractivity (Wildman–Crippen MR) is 62.6 cm³/mol. The fraction of sp³-hybridized carbons (Fsp3) is 0.667. The lowest BCUT2D eigenvalue weighted by molar-refractivity contribution is -0.118. The van der Waals surface area contributed by atoms with Gasteiger partial charge in [0.25, 0.3) is 0 Å². The Morgan fingerprint density at radius 2 is 2.00 bits per heavy atom. The lowest BCUT2D eigenvalue weighted by atomic mass is 9.64. The molecule has 2 nitrogen and oxygen atoms in total. The highest BCUT2D eigenvalue weighted by Gasteiger charge is 2.49. The monoisotopic (exact) mass is 272 g/mol. The van der Waals surface area contributed by atoms with Gasteiger partial charge in [-0.05, 0) is 34.8 Å². The summed E-state index contributed by atoms with van der Waals surface area (Å²) in [6, 6.07) is 1.85. The van der Waals surface area contributed by atoms with Crippen LogP contribution in [0.1, 0.15) is 45.3 Å². The van der Waals surface area contributed by atoms with Gasteiger partial charge in [0.05, 0.1) is 10.7 Å². The van der Waals surface area contributed by atoms with Crippen molar-refractivity contribution in [3.8, 4) is 0 Å². The lowest BCUT2D eigenvalue weighted by Gasteiger charge is -2.45. The van der Waals surface area contributed by atoms with Gasteiger partial charge < -0.3 is 9.52 Å². The second kappa shape index (κ2) is 3.63. The smallest absolute Gasteiger partial charge is 0.150 e. The summed E-state index contributed by atoms with van der Waals surface area (Å²) in [5.41, 5.74) is -0.945. The minimum absolute atomic E-state index is 0.119. The van der Waals surface area contributed by atoms with E-state index < -0.39 is 5.60 Å². The van der Waals surface area contributed by atoms with Crippen LogP contribution in [-0.4, -0.2) is 5.11 Å². The normalized spacial score (nSPS) is 30.4. The number of furan rings is 1. The van der Waals surface area contributed by atoms with Gasteiger partial charge in [-0.15, -0.1) is 0 Å². The van der Waals surface area contributed by atoms with Crippen LogP contribution >= 0.6 is 15.9 Å². The Morgan fingerprint density at radius 1 is 1.33 bits per heavy atom. The number of hydrogen-bond donors (Lipinski definition) is 1. The van der Waals surface area contributed by atoms with Gasteiger partial charge in [-0.3, -0.25) is 0 Å². The minimum Gasteiger partial charge on any atom is -0.465 e. The lowest BCUT2D eigenvalue weighted by Crippen LogP contribution is -2.44. The first-order valence-electron chi connectivity index (χ1n) is 5.43. The van der Waals surface area contributed by atoms with Crippen molar-refractivity contribution in [3.63, 3.8) is 0 Å². The molecule has 0 amide bonds. The first kappa shape index (κ1) is 11.2. The second-order valence-corrected chi connectivity index (χ2v) is 5.90. The standard InChI is InChI=1S/C12H17BrO2/c1-11(2)6-3-4-7-12(11,14)10-9(13)5-8-15-10/h5,8,14H,3-4,6-7H2,1-2H3. The van der Waals surface area contributed by atoms with E-state index in [4.69, 9.17) is 4.42 Å². The molecule has 84 valence electrons. The highest BCUT2D eigenvalue weighted by Crippen LogP contribution is 2.51. The second-order valence-electron chi connectivity index (χ2n) is 5.05. The highest BCUT2D eigenvalue weighted by atomic mass is 79.9. The third-order valence-electron chi connectivity index (χ3n) is 3.70. The number of halogens is 1. The molecule has 0 bridgehead atoms. The maximum atomic E-state index is 10.8. The molecule has 1 atom stereocenters. The van der Waals surface area contributed by atoms with Crippen LogP contribution in [0.15, 0.2) is 21.2 Å². The fourth-order valence-corrected chi connectivity index (χ4v) is 3.03. The first-order chi connectivity index (χ1) is 6.97. The average Bonchev–Trinajstić information content (AvgIpc) is 2.57. The summed E-state index contributed by atoms with van der Waals surface area (Å²) >= 11 is 3.43. The van der Waals surface area contributed by atoms with Crippen molar-refractivity contribution in [1.82, 2.24) is 0 Å². The maximum absolute atomic E-state index is 10.8. The van der Waals surface area contributed by atoms with Crippen molar-refractivity contribution in [3.05, 3.63) is 22.6 Å². The van der Waals surface area contributed by atoms with Gasteiger partial charge in [0.1, 0.15) is 11.4 Å². The molecule has 0 aliphatic heterocycles. The third kappa shape index (κ3) is 1.66. The van der Waals surface area contributed by atoms with E-state index in [9.17, 15) is 5.11 Å². The van der Waals surface area contributed by atoms with Gasteiger partial charge in [-0.25, -0.2) is 0 Å². The van der Waals surface area contributed by atoms with E-state index in [2.05, 4.69) is 29.8 Å². The van der Waals surface area contributed by atoms with Crippen LogP contribution in [0, 0.1) is 5.41 Å². The van der Waals surface area contributed by atoms with E-state index in [0.717, 1.165) is 23.7 Å². The van der Waals surface area contributed by atoms with Crippen molar-refractivity contribution < 1.29 is 9.52 Å². The molecule has 1 aromatic heterocycles. The summed E-state index contributed by atoms with van der Waals surface area (Å²) in [7, 11) is 0. The molecule has 3 heteroatoms. The Bertz CT molecular complexity index is 356. The first-order valence-corrected chi connectivity index (χ1v) is 6.22. The quantitative estimate of drug-likeness (QED) is 0.843. The van der Waals surface area contributed by atoms with Gasteiger partial charge >= 0.3 is 0 Å². The van der Waals surface area contributed by atoms with Crippen molar-refractivity contribution in [2.24, 2.45) is 5.41 Å². The predicted octanol–water partition coefficient (Wildman–Crippen LogP) is 3.83. The Balaban J connectivity index is 2.44. The van der Waals surface area contributed by atoms with Crippen molar-refractivity contribution in [1.29, 1.82) is 0 Å². The number of rotatable bonds is 1.